The summed E-state index contributed by atoms with van der Waals surface area (Å²) in [6.45, 7) is 10.3. The van der Waals surface area contributed by atoms with Gasteiger partial charge in [-0.1, -0.05) is 56.3 Å². The molecule has 302 valence electrons. The Hall–Kier alpha value is -5.66. The lowest BCUT2D eigenvalue weighted by molar-refractivity contribution is -0.143. The summed E-state index contributed by atoms with van der Waals surface area (Å²) in [5, 5.41) is 4.13. The van der Waals surface area contributed by atoms with E-state index in [1.54, 1.807) is 0 Å². The summed E-state index contributed by atoms with van der Waals surface area (Å²) < 4.78 is 9.57. The van der Waals surface area contributed by atoms with Crippen molar-refractivity contribution >= 4 is 24.0 Å². The fraction of sp³-hybridized carbons (Fsp3) is 0.488. The third-order valence-electron chi connectivity index (χ3n) is 12.2. The lowest BCUT2D eigenvalue weighted by atomic mass is 9.77. The maximum absolute atomic E-state index is 13.9. The van der Waals surface area contributed by atoms with Gasteiger partial charge in [0.25, 0.3) is 0 Å². The SMILES string of the molecule is COC(=O)N[C@H](C(=O)N1CCC[C@H]1c1cnc(-c2ccc(-c3ccc(-c4ncc([C@@H]5C6CCC(C6)[C@H]5C(=O)N(NC(=O)OC)C(C)C)[nH]4)cc3)cc2C)[nH]1)C(C)C. The van der Waals surface area contributed by atoms with Gasteiger partial charge in [-0.3, -0.25) is 9.59 Å². The highest BCUT2D eigenvalue weighted by Crippen LogP contribution is 2.57. The number of aromatic nitrogens is 4. The van der Waals surface area contributed by atoms with E-state index < -0.39 is 18.2 Å². The first-order valence-electron chi connectivity index (χ1n) is 20.0. The number of hydrogen-bond acceptors (Lipinski definition) is 8. The molecule has 1 aliphatic heterocycles. The van der Waals surface area contributed by atoms with Crippen LogP contribution in [-0.4, -0.2) is 86.7 Å². The van der Waals surface area contributed by atoms with Gasteiger partial charge in [0.15, 0.2) is 0 Å². The molecule has 0 radical (unpaired) electrons. The van der Waals surface area contributed by atoms with Crippen LogP contribution < -0.4 is 10.7 Å². The lowest BCUT2D eigenvalue weighted by Crippen LogP contribution is -2.53. The van der Waals surface area contributed by atoms with Crippen LogP contribution in [0.3, 0.4) is 0 Å². The Morgan fingerprint density at radius 1 is 0.825 bits per heavy atom. The summed E-state index contributed by atoms with van der Waals surface area (Å²) in [5.41, 5.74) is 9.57. The van der Waals surface area contributed by atoms with E-state index >= 15 is 0 Å². The Labute approximate surface area is 333 Å². The van der Waals surface area contributed by atoms with Crippen LogP contribution in [0.25, 0.3) is 33.9 Å². The van der Waals surface area contributed by atoms with Crippen molar-refractivity contribution in [1.29, 1.82) is 0 Å². The molecule has 4 N–H and O–H groups in total. The highest BCUT2D eigenvalue weighted by molar-refractivity contribution is 5.86. The van der Waals surface area contributed by atoms with Gasteiger partial charge in [-0.25, -0.2) is 30.0 Å². The minimum absolute atomic E-state index is 0.00337. The molecule has 6 atom stereocenters. The van der Waals surface area contributed by atoms with Crippen LogP contribution in [0.4, 0.5) is 9.59 Å². The maximum atomic E-state index is 13.9. The van der Waals surface area contributed by atoms with Gasteiger partial charge < -0.3 is 29.7 Å². The van der Waals surface area contributed by atoms with Crippen molar-refractivity contribution in [1.82, 2.24) is 40.6 Å². The predicted molar refractivity (Wildman–Crippen MR) is 214 cm³/mol. The summed E-state index contributed by atoms with van der Waals surface area (Å²) in [6.07, 6.45) is 7.15. The molecule has 7 rings (SSSR count). The number of carbonyl (C=O) groups excluding carboxylic acids is 4. The van der Waals surface area contributed by atoms with E-state index in [2.05, 4.69) is 70.1 Å². The second kappa shape index (κ2) is 16.4. The zero-order chi connectivity index (χ0) is 40.5. The summed E-state index contributed by atoms with van der Waals surface area (Å²) in [7, 11) is 2.59. The van der Waals surface area contributed by atoms with E-state index in [0.29, 0.717) is 12.5 Å². The number of nitrogens with zero attached hydrogens (tertiary/aromatic N) is 4. The van der Waals surface area contributed by atoms with Crippen LogP contribution in [-0.2, 0) is 19.1 Å². The molecule has 2 unspecified atom stereocenters. The van der Waals surface area contributed by atoms with E-state index in [0.717, 1.165) is 83.0 Å². The van der Waals surface area contributed by atoms with E-state index in [4.69, 9.17) is 19.4 Å². The number of H-pyrrole nitrogens is 2. The van der Waals surface area contributed by atoms with E-state index in [1.807, 2.05) is 45.0 Å². The second-order valence-electron chi connectivity index (χ2n) is 16.3. The minimum Gasteiger partial charge on any atom is -0.453 e. The van der Waals surface area contributed by atoms with Gasteiger partial charge in [0.1, 0.15) is 17.7 Å². The number of aromatic amines is 2. The third kappa shape index (κ3) is 7.86. The Morgan fingerprint density at radius 2 is 1.47 bits per heavy atom. The number of imidazole rings is 2. The number of nitrogens with one attached hydrogen (secondary N) is 4. The number of likely N-dealkylation sites (tertiary alicyclic amines) is 1. The molecule has 4 amide bonds. The molecule has 4 aromatic rings. The fourth-order valence-corrected chi connectivity index (χ4v) is 9.29. The van der Waals surface area contributed by atoms with Crippen LogP contribution in [0.5, 0.6) is 0 Å². The number of amides is 4. The molecule has 2 saturated carbocycles. The number of rotatable bonds is 10. The molecular formula is C43H54N8O6. The van der Waals surface area contributed by atoms with Gasteiger partial charge in [0, 0.05) is 41.5 Å². The normalized spacial score (nSPS) is 21.8. The smallest absolute Gasteiger partial charge is 0.425 e. The van der Waals surface area contributed by atoms with Crippen LogP contribution in [0.15, 0.2) is 54.9 Å². The summed E-state index contributed by atoms with van der Waals surface area (Å²) in [4.78, 5) is 70.0. The van der Waals surface area contributed by atoms with Crippen molar-refractivity contribution in [2.45, 2.75) is 90.8 Å². The van der Waals surface area contributed by atoms with Gasteiger partial charge in [0.05, 0.1) is 38.1 Å². The number of alkyl carbamates (subject to hydrolysis) is 1. The Kier molecular flexibility index (Phi) is 11.4. The van der Waals surface area contributed by atoms with Crippen molar-refractivity contribution < 1.29 is 28.7 Å². The van der Waals surface area contributed by atoms with Crippen molar-refractivity contribution in [3.8, 4) is 33.9 Å². The van der Waals surface area contributed by atoms with E-state index in [-0.39, 0.29) is 47.6 Å². The van der Waals surface area contributed by atoms with E-state index in [9.17, 15) is 19.2 Å². The first-order valence-corrected chi connectivity index (χ1v) is 20.0. The Morgan fingerprint density at radius 3 is 2.16 bits per heavy atom. The zero-order valence-corrected chi connectivity index (χ0v) is 33.8. The molecular weight excluding hydrogens is 725 g/mol. The number of hydrazine groups is 1. The molecule has 2 bridgehead atoms. The minimum atomic E-state index is -0.682. The molecule has 3 fully saturated rings. The highest BCUT2D eigenvalue weighted by atomic mass is 16.5. The first-order chi connectivity index (χ1) is 27.4. The van der Waals surface area contributed by atoms with Crippen LogP contribution >= 0.6 is 0 Å². The topological polar surface area (TPSA) is 175 Å². The average molecular weight is 779 g/mol. The molecule has 0 spiro atoms. The first kappa shape index (κ1) is 39.6. The quantitative estimate of drug-likeness (QED) is 0.123. The zero-order valence-electron chi connectivity index (χ0n) is 33.8. The van der Waals surface area contributed by atoms with Gasteiger partial charge >= 0.3 is 12.2 Å². The van der Waals surface area contributed by atoms with Crippen molar-refractivity contribution in [2.75, 3.05) is 20.8 Å². The maximum Gasteiger partial charge on any atom is 0.425 e. The highest BCUT2D eigenvalue weighted by Gasteiger charge is 2.53. The van der Waals surface area contributed by atoms with Gasteiger partial charge in [0.2, 0.25) is 11.8 Å². The molecule has 14 heteroatoms. The number of ether oxygens (including phenoxy) is 2. The number of hydrogen-bond donors (Lipinski definition) is 4. The number of aryl methyl sites for hydroxylation is 1. The molecule has 3 aliphatic rings. The molecule has 2 aromatic carbocycles. The Balaban J connectivity index is 1.04. The predicted octanol–water partition coefficient (Wildman–Crippen LogP) is 7.12. The lowest BCUT2D eigenvalue weighted by Gasteiger charge is -2.35. The van der Waals surface area contributed by atoms with E-state index in [1.165, 1.54) is 19.2 Å². The van der Waals surface area contributed by atoms with Gasteiger partial charge in [-0.15, -0.1) is 0 Å². The van der Waals surface area contributed by atoms with Crippen molar-refractivity contribution in [2.24, 2.45) is 23.7 Å². The second-order valence-corrected chi connectivity index (χ2v) is 16.3. The third-order valence-corrected chi connectivity index (χ3v) is 12.2. The monoisotopic (exact) mass is 778 g/mol. The van der Waals surface area contributed by atoms with Crippen LogP contribution in [0.2, 0.25) is 0 Å². The number of benzene rings is 2. The molecule has 2 aliphatic carbocycles. The standard InChI is InChI=1S/C43H54N8O6/c1-23(2)37(48-42(54)56-6)41(53)50-18-8-9-34(50)32-21-45-39(46-32)31-17-16-28(19-25(31)5)26-10-12-27(13-11-26)38-44-22-33(47-38)35-29-14-15-30(20-29)36(35)40(52)51(24(3)4)49-43(55)57-7/h10-13,16-17,19,21-24,29-30,34-37H,8-9,14-15,18,20H2,1-7H3,(H,44,47)(H,45,46)(H,48,54)(H,49,55)/t29?,30?,34-,35-,36+,37-/m0/s1. The Bertz CT molecular complexity index is 2110. The largest absolute Gasteiger partial charge is 0.453 e. The average Bonchev–Trinajstić information content (AvgIpc) is 4.06. The molecule has 57 heavy (non-hydrogen) atoms. The summed E-state index contributed by atoms with van der Waals surface area (Å²) >= 11 is 0. The van der Waals surface area contributed by atoms with Crippen LogP contribution in [0.1, 0.15) is 88.7 Å². The van der Waals surface area contributed by atoms with Gasteiger partial charge in [-0.05, 0) is 87.3 Å². The van der Waals surface area contributed by atoms with Crippen molar-refractivity contribution in [3.05, 3.63) is 71.8 Å². The van der Waals surface area contributed by atoms with Gasteiger partial charge in [-0.2, -0.15) is 0 Å². The van der Waals surface area contributed by atoms with Crippen molar-refractivity contribution in [3.63, 3.8) is 0 Å². The molecule has 14 nitrogen and oxygen atoms in total. The fourth-order valence-electron chi connectivity index (χ4n) is 9.29. The number of carbonyl (C=O) groups is 4. The summed E-state index contributed by atoms with van der Waals surface area (Å²) in [5.74, 6) is 1.57. The summed E-state index contributed by atoms with van der Waals surface area (Å²) in [6, 6.07) is 13.5. The molecule has 1 saturated heterocycles. The molecule has 3 heterocycles. The number of methoxy groups -OCH3 is 2. The van der Waals surface area contributed by atoms with Crippen LogP contribution in [0, 0.1) is 30.6 Å². The number of fused-ring (bicyclic) bond motifs is 2. The molecule has 2 aromatic heterocycles.